The molecule has 0 fully saturated rings. The minimum absolute atomic E-state index is 0.824. The second kappa shape index (κ2) is 3.38. The zero-order valence-corrected chi connectivity index (χ0v) is 9.82. The lowest BCUT2D eigenvalue weighted by Crippen LogP contribution is -1.88. The van der Waals surface area contributed by atoms with E-state index >= 15 is 0 Å². The van der Waals surface area contributed by atoms with Crippen molar-refractivity contribution >= 4 is 16.3 Å². The highest BCUT2D eigenvalue weighted by atomic mass is 32.1. The first-order valence-electron chi connectivity index (χ1n) is 5.00. The van der Waals surface area contributed by atoms with Crippen molar-refractivity contribution in [2.45, 2.75) is 13.8 Å². The van der Waals surface area contributed by atoms with Gasteiger partial charge in [0.1, 0.15) is 5.01 Å². The van der Waals surface area contributed by atoms with Crippen molar-refractivity contribution in [3.8, 4) is 10.6 Å². The molecule has 0 atom stereocenters. The molecule has 0 saturated carbocycles. The molecule has 2 aromatic heterocycles. The van der Waals surface area contributed by atoms with Crippen LogP contribution in [0.2, 0.25) is 0 Å². The van der Waals surface area contributed by atoms with E-state index in [0.29, 0.717) is 0 Å². The highest BCUT2D eigenvalue weighted by Gasteiger charge is 2.09. The third kappa shape index (κ3) is 1.40. The van der Waals surface area contributed by atoms with Crippen molar-refractivity contribution in [1.29, 1.82) is 0 Å². The molecule has 16 heavy (non-hydrogen) atoms. The predicted molar refractivity (Wildman–Crippen MR) is 63.6 cm³/mol. The quantitative estimate of drug-likeness (QED) is 0.645. The summed E-state index contributed by atoms with van der Waals surface area (Å²) in [5.74, 6) is 0.824. The zero-order chi connectivity index (χ0) is 11.1. The summed E-state index contributed by atoms with van der Waals surface area (Å²) in [4.78, 5) is 0.842. The molecule has 3 rings (SSSR count). The van der Waals surface area contributed by atoms with Crippen LogP contribution in [-0.2, 0) is 0 Å². The number of hydrogen-bond donors (Lipinski definition) is 0. The maximum absolute atomic E-state index is 4.49. The summed E-state index contributed by atoms with van der Waals surface area (Å²) in [7, 11) is 0. The van der Waals surface area contributed by atoms with Gasteiger partial charge in [0.2, 0.25) is 4.96 Å². The van der Waals surface area contributed by atoms with E-state index in [1.54, 1.807) is 15.9 Å². The summed E-state index contributed by atoms with van der Waals surface area (Å²) in [6, 6.07) is 8.31. The van der Waals surface area contributed by atoms with Gasteiger partial charge in [-0.25, -0.2) is 0 Å². The summed E-state index contributed by atoms with van der Waals surface area (Å²) in [6.45, 7) is 3.98. The lowest BCUT2D eigenvalue weighted by Gasteiger charge is -1.96. The van der Waals surface area contributed by atoms with Gasteiger partial charge in [-0.15, -0.1) is 10.2 Å². The smallest absolute Gasteiger partial charge is 0.187 e. The topological polar surface area (TPSA) is 43.1 Å². The van der Waals surface area contributed by atoms with Gasteiger partial charge in [-0.05, 0) is 19.9 Å². The lowest BCUT2D eigenvalue weighted by atomic mass is 10.1. The van der Waals surface area contributed by atoms with Crippen molar-refractivity contribution in [3.63, 3.8) is 0 Å². The molecule has 0 saturated heterocycles. The molecule has 1 aromatic carbocycles. The van der Waals surface area contributed by atoms with Crippen LogP contribution in [-0.4, -0.2) is 19.8 Å². The Hall–Kier alpha value is -1.75. The van der Waals surface area contributed by atoms with Gasteiger partial charge >= 0.3 is 0 Å². The number of hydrogen-bond acceptors (Lipinski definition) is 4. The summed E-state index contributed by atoms with van der Waals surface area (Å²) in [5, 5.41) is 13.5. The monoisotopic (exact) mass is 230 g/mol. The maximum Gasteiger partial charge on any atom is 0.234 e. The van der Waals surface area contributed by atoms with Crippen LogP contribution < -0.4 is 0 Å². The standard InChI is InChI=1S/C11H10N4S/c1-7-4-3-5-9(6-7)10-14-15-8(2)12-13-11(15)16-10/h3-6H,1-2H3. The Bertz CT molecular complexity index is 653. The zero-order valence-electron chi connectivity index (χ0n) is 9.01. The highest BCUT2D eigenvalue weighted by molar-refractivity contribution is 7.19. The van der Waals surface area contributed by atoms with Crippen LogP contribution in [0.15, 0.2) is 24.3 Å². The molecule has 2 heterocycles. The highest BCUT2D eigenvalue weighted by Crippen LogP contribution is 2.25. The third-order valence-corrected chi connectivity index (χ3v) is 3.36. The van der Waals surface area contributed by atoms with Crippen molar-refractivity contribution in [1.82, 2.24) is 19.8 Å². The Morgan fingerprint density at radius 1 is 1.19 bits per heavy atom. The SMILES string of the molecule is Cc1cccc(-c2nn3c(C)nnc3s2)c1. The van der Waals surface area contributed by atoms with Crippen LogP contribution >= 0.6 is 11.3 Å². The van der Waals surface area contributed by atoms with E-state index in [0.717, 1.165) is 21.4 Å². The second-order valence-electron chi connectivity index (χ2n) is 3.72. The minimum Gasteiger partial charge on any atom is -0.187 e. The van der Waals surface area contributed by atoms with Crippen LogP contribution in [0.4, 0.5) is 0 Å². The first-order valence-corrected chi connectivity index (χ1v) is 5.81. The van der Waals surface area contributed by atoms with Gasteiger partial charge in [0.15, 0.2) is 5.82 Å². The molecular formula is C11H10N4S. The summed E-state index contributed by atoms with van der Waals surface area (Å²) < 4.78 is 1.78. The molecule has 0 unspecified atom stereocenters. The van der Waals surface area contributed by atoms with E-state index in [9.17, 15) is 0 Å². The van der Waals surface area contributed by atoms with Crippen molar-refractivity contribution in [2.24, 2.45) is 0 Å². The molecule has 0 aliphatic rings. The molecule has 5 heteroatoms. The normalized spacial score (nSPS) is 11.1. The van der Waals surface area contributed by atoms with Gasteiger partial charge in [-0.1, -0.05) is 35.1 Å². The minimum atomic E-state index is 0.824. The van der Waals surface area contributed by atoms with Crippen LogP contribution in [0.25, 0.3) is 15.5 Å². The van der Waals surface area contributed by atoms with Gasteiger partial charge in [0.25, 0.3) is 0 Å². The average molecular weight is 230 g/mol. The molecule has 4 nitrogen and oxygen atoms in total. The van der Waals surface area contributed by atoms with Gasteiger partial charge in [-0.3, -0.25) is 0 Å². The van der Waals surface area contributed by atoms with E-state index in [1.807, 2.05) is 13.0 Å². The van der Waals surface area contributed by atoms with E-state index in [2.05, 4.69) is 40.4 Å². The Labute approximate surface area is 96.6 Å². The predicted octanol–water partition coefficient (Wildman–Crippen LogP) is 2.47. The molecule has 0 radical (unpaired) electrons. The summed E-state index contributed by atoms with van der Waals surface area (Å²) in [6.07, 6.45) is 0. The number of rotatable bonds is 1. The van der Waals surface area contributed by atoms with E-state index < -0.39 is 0 Å². The molecule has 0 aliphatic carbocycles. The fraction of sp³-hybridized carbons (Fsp3) is 0.182. The number of aryl methyl sites for hydroxylation is 2. The van der Waals surface area contributed by atoms with Crippen LogP contribution in [0.5, 0.6) is 0 Å². The van der Waals surface area contributed by atoms with Gasteiger partial charge < -0.3 is 0 Å². The number of fused-ring (bicyclic) bond motifs is 1. The first kappa shape index (κ1) is 9.47. The number of nitrogens with zero attached hydrogens (tertiary/aromatic N) is 4. The maximum atomic E-state index is 4.49. The van der Waals surface area contributed by atoms with E-state index in [1.165, 1.54) is 5.56 Å². The van der Waals surface area contributed by atoms with Gasteiger partial charge in [0, 0.05) is 5.56 Å². The van der Waals surface area contributed by atoms with Crippen LogP contribution in [0.3, 0.4) is 0 Å². The number of aromatic nitrogens is 4. The van der Waals surface area contributed by atoms with Crippen LogP contribution in [0.1, 0.15) is 11.4 Å². The third-order valence-electron chi connectivity index (χ3n) is 2.41. The first-order chi connectivity index (χ1) is 7.74. The molecule has 0 aliphatic heterocycles. The largest absolute Gasteiger partial charge is 0.234 e. The molecule has 0 bridgehead atoms. The Kier molecular flexibility index (Phi) is 2.00. The second-order valence-corrected chi connectivity index (χ2v) is 4.67. The Balaban J connectivity index is 2.19. The summed E-state index contributed by atoms with van der Waals surface area (Å²) >= 11 is 1.56. The van der Waals surface area contributed by atoms with Gasteiger partial charge in [-0.2, -0.15) is 9.61 Å². The average Bonchev–Trinajstić information content (AvgIpc) is 2.81. The van der Waals surface area contributed by atoms with E-state index in [4.69, 9.17) is 0 Å². The molecule has 0 N–H and O–H groups in total. The number of benzene rings is 1. The van der Waals surface area contributed by atoms with E-state index in [-0.39, 0.29) is 0 Å². The Morgan fingerprint density at radius 2 is 2.06 bits per heavy atom. The summed E-state index contributed by atoms with van der Waals surface area (Å²) in [5.41, 5.74) is 2.37. The molecule has 3 aromatic rings. The van der Waals surface area contributed by atoms with Crippen molar-refractivity contribution in [3.05, 3.63) is 35.7 Å². The molecule has 0 amide bonds. The fourth-order valence-electron chi connectivity index (χ4n) is 1.61. The van der Waals surface area contributed by atoms with Crippen molar-refractivity contribution in [2.75, 3.05) is 0 Å². The molecule has 80 valence electrons. The lowest BCUT2D eigenvalue weighted by molar-refractivity contribution is 0.897. The Morgan fingerprint density at radius 3 is 2.81 bits per heavy atom. The molecule has 0 spiro atoms. The van der Waals surface area contributed by atoms with Crippen LogP contribution in [0, 0.1) is 13.8 Å². The van der Waals surface area contributed by atoms with Crippen molar-refractivity contribution < 1.29 is 0 Å². The van der Waals surface area contributed by atoms with Gasteiger partial charge in [0.05, 0.1) is 0 Å². The molecular weight excluding hydrogens is 220 g/mol. The fourth-order valence-corrected chi connectivity index (χ4v) is 2.49.